The van der Waals surface area contributed by atoms with Gasteiger partial charge < -0.3 is 14.4 Å². The van der Waals surface area contributed by atoms with Crippen LogP contribution < -0.4 is 0 Å². The van der Waals surface area contributed by atoms with E-state index in [1.807, 2.05) is 0 Å². The smallest absolute Gasteiger partial charge is 0.0807 e. The monoisotopic (exact) mass is 237 g/mol. The molecular formula is C14H23NO2. The molecule has 1 aliphatic rings. The van der Waals surface area contributed by atoms with Crippen molar-refractivity contribution in [3.05, 3.63) is 23.0 Å². The molecule has 17 heavy (non-hydrogen) atoms. The molecular weight excluding hydrogens is 214 g/mol. The van der Waals surface area contributed by atoms with Crippen molar-refractivity contribution in [3.8, 4) is 0 Å². The SMILES string of the molecule is CCC(COC)n1c(C)cc2c1CCCC2O. The summed E-state index contributed by atoms with van der Waals surface area (Å²) in [4.78, 5) is 0. The van der Waals surface area contributed by atoms with Crippen molar-refractivity contribution in [1.82, 2.24) is 4.57 Å². The van der Waals surface area contributed by atoms with Gasteiger partial charge >= 0.3 is 0 Å². The molecule has 0 fully saturated rings. The Morgan fingerprint density at radius 2 is 2.35 bits per heavy atom. The Morgan fingerprint density at radius 1 is 1.59 bits per heavy atom. The van der Waals surface area contributed by atoms with Gasteiger partial charge in [-0.1, -0.05) is 6.92 Å². The molecule has 0 saturated heterocycles. The standard InChI is InChI=1S/C14H23NO2/c1-4-11(9-17-3)15-10(2)8-12-13(15)6-5-7-14(12)16/h8,11,14,16H,4-7,9H2,1-3H3. The number of hydrogen-bond acceptors (Lipinski definition) is 2. The summed E-state index contributed by atoms with van der Waals surface area (Å²) >= 11 is 0. The van der Waals surface area contributed by atoms with Crippen molar-refractivity contribution < 1.29 is 9.84 Å². The van der Waals surface area contributed by atoms with E-state index in [2.05, 4.69) is 24.5 Å². The van der Waals surface area contributed by atoms with Crippen molar-refractivity contribution >= 4 is 0 Å². The van der Waals surface area contributed by atoms with Gasteiger partial charge in [0.2, 0.25) is 0 Å². The highest BCUT2D eigenvalue weighted by molar-refractivity contribution is 5.32. The van der Waals surface area contributed by atoms with Crippen LogP contribution in [-0.2, 0) is 11.2 Å². The zero-order chi connectivity index (χ0) is 12.4. The van der Waals surface area contributed by atoms with Crippen molar-refractivity contribution in [2.75, 3.05) is 13.7 Å². The van der Waals surface area contributed by atoms with E-state index in [0.717, 1.165) is 37.9 Å². The molecule has 0 aromatic carbocycles. The van der Waals surface area contributed by atoms with E-state index in [4.69, 9.17) is 4.74 Å². The minimum Gasteiger partial charge on any atom is -0.388 e. The highest BCUT2D eigenvalue weighted by Crippen LogP contribution is 2.34. The Morgan fingerprint density at radius 3 is 3.00 bits per heavy atom. The van der Waals surface area contributed by atoms with Crippen molar-refractivity contribution in [3.63, 3.8) is 0 Å². The Hall–Kier alpha value is -0.800. The number of rotatable bonds is 4. The van der Waals surface area contributed by atoms with E-state index in [9.17, 15) is 5.11 Å². The first-order chi connectivity index (χ1) is 8.19. The highest BCUT2D eigenvalue weighted by atomic mass is 16.5. The van der Waals surface area contributed by atoms with Crippen LogP contribution in [0.2, 0.25) is 0 Å². The van der Waals surface area contributed by atoms with Crippen LogP contribution in [-0.4, -0.2) is 23.4 Å². The number of ether oxygens (including phenoxy) is 1. The molecule has 1 aromatic heterocycles. The van der Waals surface area contributed by atoms with Crippen LogP contribution in [0.1, 0.15) is 55.3 Å². The molecule has 96 valence electrons. The van der Waals surface area contributed by atoms with E-state index >= 15 is 0 Å². The summed E-state index contributed by atoms with van der Waals surface area (Å²) in [7, 11) is 1.75. The maximum Gasteiger partial charge on any atom is 0.0807 e. The molecule has 0 bridgehead atoms. The molecule has 1 N–H and O–H groups in total. The molecule has 0 aliphatic heterocycles. The third-order valence-electron chi connectivity index (χ3n) is 3.81. The van der Waals surface area contributed by atoms with Gasteiger partial charge in [-0.3, -0.25) is 0 Å². The van der Waals surface area contributed by atoms with Gasteiger partial charge in [0.25, 0.3) is 0 Å². The van der Waals surface area contributed by atoms with E-state index in [-0.39, 0.29) is 6.10 Å². The summed E-state index contributed by atoms with van der Waals surface area (Å²) in [6, 6.07) is 2.55. The highest BCUT2D eigenvalue weighted by Gasteiger charge is 2.25. The summed E-state index contributed by atoms with van der Waals surface area (Å²) < 4.78 is 7.68. The van der Waals surface area contributed by atoms with Gasteiger partial charge in [0.15, 0.2) is 0 Å². The van der Waals surface area contributed by atoms with Crippen LogP contribution >= 0.6 is 0 Å². The molecule has 3 nitrogen and oxygen atoms in total. The molecule has 0 amide bonds. The summed E-state index contributed by atoms with van der Waals surface area (Å²) in [6.45, 7) is 5.06. The number of nitrogens with zero attached hydrogens (tertiary/aromatic N) is 1. The summed E-state index contributed by atoms with van der Waals surface area (Å²) in [6.07, 6.45) is 3.86. The van der Waals surface area contributed by atoms with Crippen molar-refractivity contribution in [2.45, 2.75) is 51.7 Å². The largest absolute Gasteiger partial charge is 0.388 e. The molecule has 0 saturated carbocycles. The number of aliphatic hydroxyl groups excluding tert-OH is 1. The maximum absolute atomic E-state index is 10.0. The van der Waals surface area contributed by atoms with E-state index in [1.165, 1.54) is 11.4 Å². The fourth-order valence-corrected chi connectivity index (χ4v) is 2.98. The van der Waals surface area contributed by atoms with E-state index < -0.39 is 0 Å². The third-order valence-corrected chi connectivity index (χ3v) is 3.81. The maximum atomic E-state index is 10.0. The first-order valence-corrected chi connectivity index (χ1v) is 6.56. The minimum atomic E-state index is -0.265. The fraction of sp³-hybridized carbons (Fsp3) is 0.714. The lowest BCUT2D eigenvalue weighted by atomic mass is 9.95. The second kappa shape index (κ2) is 5.23. The van der Waals surface area contributed by atoms with E-state index in [1.54, 1.807) is 7.11 Å². The molecule has 2 atom stereocenters. The van der Waals surface area contributed by atoms with Crippen LogP contribution in [0.4, 0.5) is 0 Å². The number of hydrogen-bond donors (Lipinski definition) is 1. The average molecular weight is 237 g/mol. The number of aliphatic hydroxyl groups is 1. The van der Waals surface area contributed by atoms with Crippen LogP contribution in [0.3, 0.4) is 0 Å². The fourth-order valence-electron chi connectivity index (χ4n) is 2.98. The normalized spacial score (nSPS) is 21.3. The number of aryl methyl sites for hydroxylation is 1. The average Bonchev–Trinajstić information content (AvgIpc) is 2.64. The molecule has 2 unspecified atom stereocenters. The van der Waals surface area contributed by atoms with Gasteiger partial charge in [-0.2, -0.15) is 0 Å². The predicted molar refractivity (Wildman–Crippen MR) is 68.3 cm³/mol. The van der Waals surface area contributed by atoms with E-state index in [0.29, 0.717) is 6.04 Å². The number of methoxy groups -OCH3 is 1. The zero-order valence-electron chi connectivity index (χ0n) is 11.1. The van der Waals surface area contributed by atoms with Gasteiger partial charge in [-0.15, -0.1) is 0 Å². The second-order valence-corrected chi connectivity index (χ2v) is 4.98. The number of aromatic nitrogens is 1. The molecule has 0 radical (unpaired) electrons. The van der Waals surface area contributed by atoms with Gasteiger partial charge in [0.05, 0.1) is 18.8 Å². The van der Waals surface area contributed by atoms with Gasteiger partial charge in [0, 0.05) is 24.1 Å². The Bertz CT molecular complexity index is 384. The van der Waals surface area contributed by atoms with Gasteiger partial charge in [-0.25, -0.2) is 0 Å². The molecule has 1 aromatic rings. The van der Waals surface area contributed by atoms with Crippen molar-refractivity contribution in [2.24, 2.45) is 0 Å². The van der Waals surface area contributed by atoms with Crippen molar-refractivity contribution in [1.29, 1.82) is 0 Å². The lowest BCUT2D eigenvalue weighted by molar-refractivity contribution is 0.143. The van der Waals surface area contributed by atoms with Crippen LogP contribution in [0.5, 0.6) is 0 Å². The summed E-state index contributed by atoms with van der Waals surface area (Å²) in [5.74, 6) is 0. The molecule has 2 rings (SSSR count). The lowest BCUT2D eigenvalue weighted by Gasteiger charge is -2.25. The van der Waals surface area contributed by atoms with Gasteiger partial charge in [0.1, 0.15) is 0 Å². The second-order valence-electron chi connectivity index (χ2n) is 4.98. The first kappa shape index (κ1) is 12.7. The zero-order valence-corrected chi connectivity index (χ0v) is 11.1. The molecule has 0 spiro atoms. The topological polar surface area (TPSA) is 34.4 Å². The van der Waals surface area contributed by atoms with Crippen LogP contribution in [0, 0.1) is 6.92 Å². The Balaban J connectivity index is 2.39. The molecule has 1 heterocycles. The Kier molecular flexibility index (Phi) is 3.89. The predicted octanol–water partition coefficient (Wildman–Crippen LogP) is 2.76. The molecule has 3 heteroatoms. The minimum absolute atomic E-state index is 0.265. The van der Waals surface area contributed by atoms with Crippen LogP contribution in [0.15, 0.2) is 6.07 Å². The summed E-state index contributed by atoms with van der Waals surface area (Å²) in [5.41, 5.74) is 3.72. The third kappa shape index (κ3) is 2.26. The van der Waals surface area contributed by atoms with Crippen LogP contribution in [0.25, 0.3) is 0 Å². The number of fused-ring (bicyclic) bond motifs is 1. The van der Waals surface area contributed by atoms with Gasteiger partial charge in [-0.05, 0) is 38.7 Å². The Labute approximate surface area is 103 Å². The first-order valence-electron chi connectivity index (χ1n) is 6.56. The molecule has 1 aliphatic carbocycles. The summed E-state index contributed by atoms with van der Waals surface area (Å²) in [5, 5.41) is 10.0. The lowest BCUT2D eigenvalue weighted by Crippen LogP contribution is -2.20. The quantitative estimate of drug-likeness (QED) is 0.873.